The van der Waals surface area contributed by atoms with Gasteiger partial charge in [0.15, 0.2) is 11.8 Å². The smallest absolute Gasteiger partial charge is 0.251 e. The van der Waals surface area contributed by atoms with Crippen molar-refractivity contribution in [1.82, 2.24) is 9.88 Å². The number of amides is 1. The number of hydrogen-bond donors (Lipinski definition) is 1. The first-order chi connectivity index (χ1) is 13.0. The summed E-state index contributed by atoms with van der Waals surface area (Å²) in [5.41, 5.74) is -0.370. The highest BCUT2D eigenvalue weighted by atomic mass is 35.5. The summed E-state index contributed by atoms with van der Waals surface area (Å²) in [6, 6.07) is 6.07. The predicted octanol–water partition coefficient (Wildman–Crippen LogP) is 3.51. The molecule has 3 rings (SSSR count). The number of nitrogens with zero attached hydrogens (tertiary/aromatic N) is 1. The molecule has 1 atom stereocenters. The van der Waals surface area contributed by atoms with Crippen molar-refractivity contribution in [2.75, 3.05) is 0 Å². The molecule has 0 saturated heterocycles. The first-order valence-electron chi connectivity index (χ1n) is 8.93. The van der Waals surface area contributed by atoms with Crippen LogP contribution in [-0.2, 0) is 4.79 Å². The Bertz CT molecular complexity index is 889. The van der Waals surface area contributed by atoms with Crippen LogP contribution in [0.15, 0.2) is 47.4 Å². The fourth-order valence-electron chi connectivity index (χ4n) is 3.35. The molecule has 0 bridgehead atoms. The lowest BCUT2D eigenvalue weighted by atomic mass is 9.94. The quantitative estimate of drug-likeness (QED) is 0.627. The normalized spacial score (nSPS) is 15.9. The van der Waals surface area contributed by atoms with Crippen LogP contribution in [0.1, 0.15) is 48.5 Å². The number of nitrogens with one attached hydrogen (secondary N) is 1. The highest BCUT2D eigenvalue weighted by Gasteiger charge is 2.32. The Balaban J connectivity index is 1.96. The van der Waals surface area contributed by atoms with Crippen LogP contribution in [0.3, 0.4) is 0 Å². The van der Waals surface area contributed by atoms with E-state index in [2.05, 4.69) is 5.32 Å². The summed E-state index contributed by atoms with van der Waals surface area (Å²) in [5.74, 6) is -1.64. The van der Waals surface area contributed by atoms with Crippen LogP contribution >= 0.6 is 11.6 Å². The zero-order valence-corrected chi connectivity index (χ0v) is 15.4. The summed E-state index contributed by atoms with van der Waals surface area (Å²) in [6.07, 6.45) is 6.10. The van der Waals surface area contributed by atoms with E-state index in [-0.39, 0.29) is 16.6 Å². The molecule has 0 radical (unpaired) electrons. The molecule has 1 saturated carbocycles. The molecule has 1 aromatic carbocycles. The fraction of sp³-hybridized carbons (Fsp3) is 0.350. The molecule has 0 aliphatic heterocycles. The van der Waals surface area contributed by atoms with Gasteiger partial charge in [-0.15, -0.1) is 0 Å². The lowest BCUT2D eigenvalue weighted by molar-refractivity contribution is -0.124. The number of rotatable bonds is 5. The Hall–Kier alpha value is -2.47. The maximum atomic E-state index is 13.2. The predicted molar refractivity (Wildman–Crippen MR) is 100 cm³/mol. The Morgan fingerprint density at radius 3 is 2.41 bits per heavy atom. The van der Waals surface area contributed by atoms with E-state index in [1.165, 1.54) is 30.5 Å². The Morgan fingerprint density at radius 1 is 1.07 bits per heavy atom. The number of carbonyl (C=O) groups excluding carboxylic acids is 2. The fourth-order valence-corrected chi connectivity index (χ4v) is 3.52. The SMILES string of the molecule is O=C(NC1CCCCC1)[C@H](C(=O)c1ccc(F)cc1)n1cc(Cl)ccc1=O. The molecule has 0 unspecified atom stereocenters. The van der Waals surface area contributed by atoms with Crippen molar-refractivity contribution in [3.8, 4) is 0 Å². The van der Waals surface area contributed by atoms with Gasteiger partial charge in [-0.25, -0.2) is 4.39 Å². The number of hydrogen-bond acceptors (Lipinski definition) is 3. The van der Waals surface area contributed by atoms with Gasteiger partial charge in [-0.2, -0.15) is 0 Å². The van der Waals surface area contributed by atoms with Crippen LogP contribution in [0.4, 0.5) is 4.39 Å². The average Bonchev–Trinajstić information content (AvgIpc) is 2.66. The zero-order chi connectivity index (χ0) is 19.4. The van der Waals surface area contributed by atoms with E-state index in [0.29, 0.717) is 0 Å². The van der Waals surface area contributed by atoms with E-state index in [0.717, 1.165) is 48.8 Å². The van der Waals surface area contributed by atoms with E-state index < -0.39 is 29.1 Å². The highest BCUT2D eigenvalue weighted by molar-refractivity contribution is 6.30. The molecule has 1 amide bonds. The van der Waals surface area contributed by atoms with E-state index in [1.54, 1.807) is 0 Å². The molecule has 1 heterocycles. The molecule has 1 aliphatic carbocycles. The molecular weight excluding hydrogens is 371 g/mol. The lowest BCUT2D eigenvalue weighted by Crippen LogP contribution is -2.45. The van der Waals surface area contributed by atoms with Crippen molar-refractivity contribution in [3.63, 3.8) is 0 Å². The molecular formula is C20H20ClFN2O3. The summed E-state index contributed by atoms with van der Waals surface area (Å²) in [6.45, 7) is 0. The van der Waals surface area contributed by atoms with E-state index in [9.17, 15) is 18.8 Å². The number of halogens is 2. The van der Waals surface area contributed by atoms with E-state index in [1.807, 2.05) is 0 Å². The Morgan fingerprint density at radius 2 is 1.74 bits per heavy atom. The van der Waals surface area contributed by atoms with Gasteiger partial charge in [0.2, 0.25) is 0 Å². The van der Waals surface area contributed by atoms with Crippen LogP contribution < -0.4 is 10.9 Å². The third-order valence-corrected chi connectivity index (χ3v) is 4.98. The second-order valence-electron chi connectivity index (χ2n) is 6.71. The van der Waals surface area contributed by atoms with Gasteiger partial charge in [0.1, 0.15) is 5.82 Å². The first kappa shape index (κ1) is 19.3. The number of aromatic nitrogens is 1. The number of carbonyl (C=O) groups is 2. The summed E-state index contributed by atoms with van der Waals surface area (Å²) in [4.78, 5) is 38.3. The number of benzene rings is 1. The van der Waals surface area contributed by atoms with Gasteiger partial charge >= 0.3 is 0 Å². The minimum atomic E-state index is -1.40. The van der Waals surface area contributed by atoms with Crippen molar-refractivity contribution in [3.05, 3.63) is 69.4 Å². The van der Waals surface area contributed by atoms with Crippen LogP contribution in [0.5, 0.6) is 0 Å². The standard InChI is InChI=1S/C20H20ClFN2O3/c21-14-8-11-17(25)24(12-14)18(19(26)13-6-9-15(22)10-7-13)20(27)23-16-4-2-1-3-5-16/h6-12,16,18H,1-5H2,(H,23,27)/t18-/m0/s1. The Kier molecular flexibility index (Phi) is 6.06. The van der Waals surface area contributed by atoms with Crippen LogP contribution in [-0.4, -0.2) is 22.3 Å². The van der Waals surface area contributed by atoms with Gasteiger partial charge < -0.3 is 5.32 Å². The number of ketones is 1. The minimum Gasteiger partial charge on any atom is -0.351 e. The first-order valence-corrected chi connectivity index (χ1v) is 9.31. The molecule has 2 aromatic rings. The number of pyridine rings is 1. The number of Topliss-reactive ketones (excluding diaryl/α,β-unsaturated/α-hetero) is 1. The third-order valence-electron chi connectivity index (χ3n) is 4.76. The molecule has 1 N–H and O–H groups in total. The maximum Gasteiger partial charge on any atom is 0.251 e. The monoisotopic (exact) mass is 390 g/mol. The van der Waals surface area contributed by atoms with Crippen molar-refractivity contribution in [1.29, 1.82) is 0 Å². The largest absolute Gasteiger partial charge is 0.351 e. The van der Waals surface area contributed by atoms with E-state index in [4.69, 9.17) is 11.6 Å². The zero-order valence-electron chi connectivity index (χ0n) is 14.7. The molecule has 0 spiro atoms. The molecule has 1 aromatic heterocycles. The molecule has 142 valence electrons. The molecule has 1 fully saturated rings. The Labute approximate surface area is 161 Å². The molecule has 1 aliphatic rings. The maximum absolute atomic E-state index is 13.2. The van der Waals surface area contributed by atoms with Gasteiger partial charge in [-0.3, -0.25) is 19.0 Å². The summed E-state index contributed by atoms with van der Waals surface area (Å²) in [5, 5.41) is 3.12. The van der Waals surface area contributed by atoms with Crippen molar-refractivity contribution in [2.45, 2.75) is 44.2 Å². The van der Waals surface area contributed by atoms with Crippen molar-refractivity contribution in [2.24, 2.45) is 0 Å². The summed E-state index contributed by atoms with van der Waals surface area (Å²) in [7, 11) is 0. The van der Waals surface area contributed by atoms with Crippen molar-refractivity contribution < 1.29 is 14.0 Å². The highest BCUT2D eigenvalue weighted by Crippen LogP contribution is 2.20. The third kappa shape index (κ3) is 4.63. The van der Waals surface area contributed by atoms with Crippen LogP contribution in [0.25, 0.3) is 0 Å². The second-order valence-corrected chi connectivity index (χ2v) is 7.15. The summed E-state index contributed by atoms with van der Waals surface area (Å²) >= 11 is 5.98. The van der Waals surface area contributed by atoms with Gasteiger partial charge in [0, 0.05) is 23.9 Å². The molecule has 27 heavy (non-hydrogen) atoms. The van der Waals surface area contributed by atoms with Gasteiger partial charge in [0.25, 0.3) is 11.5 Å². The topological polar surface area (TPSA) is 68.2 Å². The van der Waals surface area contributed by atoms with Gasteiger partial charge in [-0.05, 0) is 43.2 Å². The van der Waals surface area contributed by atoms with Gasteiger partial charge in [-0.1, -0.05) is 30.9 Å². The van der Waals surface area contributed by atoms with Crippen molar-refractivity contribution >= 4 is 23.3 Å². The van der Waals surface area contributed by atoms with Crippen LogP contribution in [0, 0.1) is 5.82 Å². The molecule has 5 nitrogen and oxygen atoms in total. The average molecular weight is 391 g/mol. The van der Waals surface area contributed by atoms with Crippen LogP contribution in [0.2, 0.25) is 5.02 Å². The van der Waals surface area contributed by atoms with E-state index >= 15 is 0 Å². The lowest BCUT2D eigenvalue weighted by Gasteiger charge is -2.26. The summed E-state index contributed by atoms with van der Waals surface area (Å²) < 4.78 is 14.2. The minimum absolute atomic E-state index is 0.0235. The second kappa shape index (κ2) is 8.48. The van der Waals surface area contributed by atoms with Gasteiger partial charge in [0.05, 0.1) is 5.02 Å². The molecule has 7 heteroatoms.